The Kier molecular flexibility index (Phi) is 6.65. The summed E-state index contributed by atoms with van der Waals surface area (Å²) in [5.41, 5.74) is 8.55. The summed E-state index contributed by atoms with van der Waals surface area (Å²) < 4.78 is 5.46. The molecule has 0 radical (unpaired) electrons. The number of thioether (sulfide) groups is 1. The first-order valence-corrected chi connectivity index (χ1v) is 10.4. The van der Waals surface area contributed by atoms with Gasteiger partial charge in [0.05, 0.1) is 40.2 Å². The molecule has 4 N–H and O–H groups in total. The number of hydrogen-bond donors (Lipinski definition) is 3. The van der Waals surface area contributed by atoms with Crippen molar-refractivity contribution in [2.24, 2.45) is 5.73 Å². The van der Waals surface area contributed by atoms with Crippen LogP contribution >= 0.6 is 11.8 Å². The van der Waals surface area contributed by atoms with Crippen LogP contribution in [-0.4, -0.2) is 17.6 Å². The molecule has 1 aromatic carbocycles. The van der Waals surface area contributed by atoms with Crippen LogP contribution in [0.4, 0.5) is 5.69 Å². The summed E-state index contributed by atoms with van der Waals surface area (Å²) in [6.07, 6.45) is 2.40. The van der Waals surface area contributed by atoms with Crippen LogP contribution in [0, 0.1) is 11.3 Å². The van der Waals surface area contributed by atoms with Gasteiger partial charge in [0, 0.05) is 11.4 Å². The van der Waals surface area contributed by atoms with Gasteiger partial charge in [0.1, 0.15) is 5.76 Å². The molecule has 1 aliphatic rings. The smallest absolute Gasteiger partial charge is 0.247 e. The minimum Gasteiger partial charge on any atom is -0.468 e. The molecule has 30 heavy (non-hydrogen) atoms. The third-order valence-corrected chi connectivity index (χ3v) is 5.75. The number of allylic oxidation sites excluding steroid dienone is 2. The van der Waals surface area contributed by atoms with E-state index in [-0.39, 0.29) is 22.8 Å². The maximum atomic E-state index is 12.4. The van der Waals surface area contributed by atoms with Gasteiger partial charge >= 0.3 is 0 Å². The van der Waals surface area contributed by atoms with Crippen molar-refractivity contribution in [2.75, 3.05) is 11.1 Å². The fourth-order valence-corrected chi connectivity index (χ4v) is 4.14. The summed E-state index contributed by atoms with van der Waals surface area (Å²) in [4.78, 5) is 24.4. The van der Waals surface area contributed by atoms with Crippen molar-refractivity contribution in [1.29, 1.82) is 5.26 Å². The van der Waals surface area contributed by atoms with Gasteiger partial charge < -0.3 is 20.8 Å². The van der Waals surface area contributed by atoms with Crippen LogP contribution in [0.5, 0.6) is 0 Å². The Morgan fingerprint density at radius 1 is 1.30 bits per heavy atom. The molecule has 0 fully saturated rings. The van der Waals surface area contributed by atoms with Crippen molar-refractivity contribution >= 4 is 29.3 Å². The molecule has 2 heterocycles. The minimum absolute atomic E-state index is 0.0904. The molecule has 8 heteroatoms. The van der Waals surface area contributed by atoms with E-state index in [1.165, 1.54) is 23.6 Å². The van der Waals surface area contributed by atoms with Crippen LogP contribution in [0.2, 0.25) is 0 Å². The average Bonchev–Trinajstić information content (AvgIpc) is 3.26. The van der Waals surface area contributed by atoms with Crippen LogP contribution in [0.25, 0.3) is 0 Å². The molecule has 1 atom stereocenters. The maximum Gasteiger partial charge on any atom is 0.247 e. The number of nitrogens with zero attached hydrogens (tertiary/aromatic N) is 1. The van der Waals surface area contributed by atoms with Crippen molar-refractivity contribution in [1.82, 2.24) is 5.32 Å². The fourth-order valence-electron chi connectivity index (χ4n) is 3.25. The highest BCUT2D eigenvalue weighted by atomic mass is 32.2. The number of anilines is 1. The van der Waals surface area contributed by atoms with Crippen molar-refractivity contribution in [3.63, 3.8) is 0 Å². The summed E-state index contributed by atoms with van der Waals surface area (Å²) in [5, 5.41) is 16.2. The number of benzene rings is 1. The van der Waals surface area contributed by atoms with E-state index in [1.807, 2.05) is 24.3 Å². The van der Waals surface area contributed by atoms with E-state index >= 15 is 0 Å². The number of aryl methyl sites for hydroxylation is 1. The molecule has 154 valence electrons. The third kappa shape index (κ3) is 4.58. The lowest BCUT2D eigenvalue weighted by molar-refractivity contribution is -0.115. The van der Waals surface area contributed by atoms with Crippen LogP contribution in [0.3, 0.4) is 0 Å². The number of dihydropyridines is 1. The number of hydrogen-bond acceptors (Lipinski definition) is 6. The SMILES string of the molecule is CCc1ccc(NC(=O)CSC2=C(C#N)[C@H](c3ccco3)C(C(N)=O)=C(C)N2)cc1. The third-order valence-electron chi connectivity index (χ3n) is 4.73. The van der Waals surface area contributed by atoms with Gasteiger partial charge in [-0.3, -0.25) is 9.59 Å². The van der Waals surface area contributed by atoms with E-state index < -0.39 is 11.8 Å². The minimum atomic E-state index is -0.712. The molecule has 2 amide bonds. The van der Waals surface area contributed by atoms with E-state index in [2.05, 4.69) is 23.6 Å². The van der Waals surface area contributed by atoms with Gasteiger partial charge in [-0.15, -0.1) is 0 Å². The number of nitrogens with two attached hydrogens (primary N) is 1. The van der Waals surface area contributed by atoms with Gasteiger partial charge in [0.15, 0.2) is 0 Å². The van der Waals surface area contributed by atoms with Crippen molar-refractivity contribution < 1.29 is 14.0 Å². The topological polar surface area (TPSA) is 121 Å². The van der Waals surface area contributed by atoms with E-state index in [4.69, 9.17) is 10.2 Å². The monoisotopic (exact) mass is 422 g/mol. The predicted octanol–water partition coefficient (Wildman–Crippen LogP) is 3.40. The van der Waals surface area contributed by atoms with Gasteiger partial charge in [0.2, 0.25) is 11.8 Å². The predicted molar refractivity (Wildman–Crippen MR) is 116 cm³/mol. The first kappa shape index (κ1) is 21.3. The van der Waals surface area contributed by atoms with Crippen molar-refractivity contribution in [3.05, 3.63) is 75.9 Å². The average molecular weight is 423 g/mol. The van der Waals surface area contributed by atoms with E-state index in [9.17, 15) is 14.9 Å². The second-order valence-electron chi connectivity index (χ2n) is 6.72. The number of nitriles is 1. The molecule has 0 aliphatic carbocycles. The zero-order valence-corrected chi connectivity index (χ0v) is 17.5. The molecule has 0 saturated heterocycles. The van der Waals surface area contributed by atoms with E-state index in [1.54, 1.807) is 19.1 Å². The lowest BCUT2D eigenvalue weighted by Gasteiger charge is -2.27. The Bertz CT molecular complexity index is 1050. The number of furan rings is 1. The quantitative estimate of drug-likeness (QED) is 0.629. The number of primary amides is 1. The number of amides is 2. The Balaban J connectivity index is 1.78. The van der Waals surface area contributed by atoms with Crippen LogP contribution < -0.4 is 16.4 Å². The molecule has 2 aromatic rings. The molecule has 7 nitrogen and oxygen atoms in total. The maximum absolute atomic E-state index is 12.4. The van der Waals surface area contributed by atoms with Crippen molar-refractivity contribution in [2.45, 2.75) is 26.2 Å². The Hall–Kier alpha value is -3.44. The summed E-state index contributed by atoms with van der Waals surface area (Å²) in [5.74, 6) is -1.01. The molecule has 0 spiro atoms. The lowest BCUT2D eigenvalue weighted by Crippen LogP contribution is -2.31. The lowest BCUT2D eigenvalue weighted by atomic mass is 9.86. The standard InChI is InChI=1S/C22H22N4O3S/c1-3-14-6-8-15(9-7-14)26-18(27)12-30-22-16(11-23)20(17-5-4-10-29-17)19(21(24)28)13(2)25-22/h4-10,20,25H,3,12H2,1-2H3,(H2,24,28)(H,26,27)/t20-/m1/s1. The second-order valence-corrected chi connectivity index (χ2v) is 7.70. The van der Waals surface area contributed by atoms with Gasteiger partial charge in [-0.2, -0.15) is 5.26 Å². The number of rotatable bonds is 7. The van der Waals surface area contributed by atoms with E-state index in [0.29, 0.717) is 22.2 Å². The molecule has 0 unspecified atom stereocenters. The van der Waals surface area contributed by atoms with Gasteiger partial charge in [-0.05, 0) is 43.2 Å². The zero-order valence-electron chi connectivity index (χ0n) is 16.7. The van der Waals surface area contributed by atoms with Crippen molar-refractivity contribution in [3.8, 4) is 6.07 Å². The van der Waals surface area contributed by atoms with E-state index in [0.717, 1.165) is 6.42 Å². The molecule has 0 bridgehead atoms. The molecule has 0 saturated carbocycles. The zero-order chi connectivity index (χ0) is 21.7. The fraction of sp³-hybridized carbons (Fsp3) is 0.227. The molecule has 3 rings (SSSR count). The first-order valence-electron chi connectivity index (χ1n) is 9.41. The molecule has 1 aromatic heterocycles. The number of carbonyl (C=O) groups is 2. The molecular weight excluding hydrogens is 400 g/mol. The van der Waals surface area contributed by atoms with Crippen LogP contribution in [-0.2, 0) is 16.0 Å². The highest BCUT2D eigenvalue weighted by molar-refractivity contribution is 8.03. The summed E-state index contributed by atoms with van der Waals surface area (Å²) in [7, 11) is 0. The van der Waals surface area contributed by atoms with Gasteiger partial charge in [-0.25, -0.2) is 0 Å². The normalized spacial score (nSPS) is 16.1. The molecule has 1 aliphatic heterocycles. The summed E-state index contributed by atoms with van der Waals surface area (Å²) >= 11 is 1.19. The number of nitrogens with one attached hydrogen (secondary N) is 2. The van der Waals surface area contributed by atoms with Crippen LogP contribution in [0.15, 0.2) is 69.0 Å². The first-order chi connectivity index (χ1) is 14.4. The Morgan fingerprint density at radius 2 is 2.03 bits per heavy atom. The Labute approximate surface area is 179 Å². The second kappa shape index (κ2) is 9.37. The largest absolute Gasteiger partial charge is 0.468 e. The number of carbonyl (C=O) groups excluding carboxylic acids is 2. The van der Waals surface area contributed by atoms with Gasteiger partial charge in [-0.1, -0.05) is 30.8 Å². The van der Waals surface area contributed by atoms with Crippen LogP contribution in [0.1, 0.15) is 31.1 Å². The highest BCUT2D eigenvalue weighted by Crippen LogP contribution is 2.40. The molecular formula is C22H22N4O3S. The Morgan fingerprint density at radius 3 is 2.60 bits per heavy atom. The van der Waals surface area contributed by atoms with Gasteiger partial charge in [0.25, 0.3) is 0 Å². The summed E-state index contributed by atoms with van der Waals surface area (Å²) in [6.45, 7) is 3.78. The highest BCUT2D eigenvalue weighted by Gasteiger charge is 2.35. The summed E-state index contributed by atoms with van der Waals surface area (Å²) in [6, 6.07) is 13.2.